The molecule has 1 N–H and O–H groups in total. The van der Waals surface area contributed by atoms with Gasteiger partial charge < -0.3 is 19.7 Å². The molecule has 0 unspecified atom stereocenters. The van der Waals surface area contributed by atoms with Crippen LogP contribution in [0.1, 0.15) is 31.2 Å². The lowest BCUT2D eigenvalue weighted by Crippen LogP contribution is -2.29. The van der Waals surface area contributed by atoms with Crippen LogP contribution in [0.2, 0.25) is 0 Å². The number of unbranched alkanes of at least 4 members (excludes halogenated alkanes) is 2. The van der Waals surface area contributed by atoms with Crippen LogP contribution >= 0.6 is 24.0 Å². The standard InChI is InChI=1S/C17H19NO5S2/c1-23-12-7-5-6-11(15(12)21)10-13-16(22)18(17(24)25-13)9-4-2-3-8-14(19)20/h5-7,10,21H,2-4,8-9H2,1H3,(H,19,20)/p-1/b13-10+. The quantitative estimate of drug-likeness (QED) is 0.418. The first-order valence-corrected chi connectivity index (χ1v) is 8.97. The van der Waals surface area contributed by atoms with Crippen molar-refractivity contribution < 1.29 is 24.5 Å². The van der Waals surface area contributed by atoms with Crippen molar-refractivity contribution >= 4 is 46.3 Å². The Hall–Kier alpha value is -2.06. The summed E-state index contributed by atoms with van der Waals surface area (Å²) in [5, 5.41) is 20.5. The van der Waals surface area contributed by atoms with Gasteiger partial charge in [-0.05, 0) is 31.4 Å². The molecule has 25 heavy (non-hydrogen) atoms. The summed E-state index contributed by atoms with van der Waals surface area (Å²) in [6, 6.07) is 5.04. The van der Waals surface area contributed by atoms with Gasteiger partial charge in [0.25, 0.3) is 5.91 Å². The predicted octanol–water partition coefficient (Wildman–Crippen LogP) is 1.91. The first-order valence-electron chi connectivity index (χ1n) is 7.75. The Morgan fingerprint density at radius 3 is 2.84 bits per heavy atom. The summed E-state index contributed by atoms with van der Waals surface area (Å²) in [6.07, 6.45) is 3.48. The molecule has 1 aromatic rings. The van der Waals surface area contributed by atoms with E-state index in [0.29, 0.717) is 46.3 Å². The number of nitrogens with zero attached hydrogens (tertiary/aromatic N) is 1. The number of aliphatic carboxylic acids is 1. The van der Waals surface area contributed by atoms with Gasteiger partial charge in [-0.1, -0.05) is 42.5 Å². The van der Waals surface area contributed by atoms with Crippen LogP contribution in [0.5, 0.6) is 11.5 Å². The lowest BCUT2D eigenvalue weighted by atomic mass is 10.1. The maximum Gasteiger partial charge on any atom is 0.266 e. The molecule has 1 aromatic carbocycles. The molecule has 0 bridgehead atoms. The van der Waals surface area contributed by atoms with E-state index in [-0.39, 0.29) is 18.1 Å². The average Bonchev–Trinajstić information content (AvgIpc) is 2.83. The maximum atomic E-state index is 12.5. The molecule has 0 saturated carbocycles. The van der Waals surface area contributed by atoms with E-state index in [1.54, 1.807) is 24.3 Å². The number of thiocarbonyl (C=S) groups is 1. The molecule has 0 aromatic heterocycles. The zero-order valence-corrected chi connectivity index (χ0v) is 15.3. The third-order valence-corrected chi connectivity index (χ3v) is 5.05. The second-order valence-electron chi connectivity index (χ2n) is 5.41. The number of rotatable bonds is 8. The van der Waals surface area contributed by atoms with Gasteiger partial charge in [0.15, 0.2) is 11.5 Å². The van der Waals surface area contributed by atoms with Crippen molar-refractivity contribution in [3.05, 3.63) is 28.7 Å². The molecule has 1 amide bonds. The highest BCUT2D eigenvalue weighted by molar-refractivity contribution is 8.26. The second kappa shape index (κ2) is 8.87. The summed E-state index contributed by atoms with van der Waals surface area (Å²) < 4.78 is 5.52. The smallest absolute Gasteiger partial charge is 0.266 e. The summed E-state index contributed by atoms with van der Waals surface area (Å²) in [4.78, 5) is 24.8. The van der Waals surface area contributed by atoms with Crippen LogP contribution < -0.4 is 9.84 Å². The molecule has 0 aliphatic carbocycles. The number of benzene rings is 1. The Bertz CT molecular complexity index is 717. The van der Waals surface area contributed by atoms with Crippen molar-refractivity contribution in [1.29, 1.82) is 0 Å². The van der Waals surface area contributed by atoms with Gasteiger partial charge in [-0.15, -0.1) is 0 Å². The van der Waals surface area contributed by atoms with Crippen molar-refractivity contribution in [3.63, 3.8) is 0 Å². The number of amides is 1. The minimum atomic E-state index is -1.06. The van der Waals surface area contributed by atoms with Crippen molar-refractivity contribution in [3.8, 4) is 11.5 Å². The molecule has 6 nitrogen and oxygen atoms in total. The van der Waals surface area contributed by atoms with E-state index >= 15 is 0 Å². The van der Waals surface area contributed by atoms with Crippen LogP contribution in [0.4, 0.5) is 0 Å². The van der Waals surface area contributed by atoms with Gasteiger partial charge in [0, 0.05) is 18.1 Å². The molecule has 1 saturated heterocycles. The molecule has 0 atom stereocenters. The van der Waals surface area contributed by atoms with Gasteiger partial charge in [-0.3, -0.25) is 9.69 Å². The average molecular weight is 380 g/mol. The Balaban J connectivity index is 2.02. The number of methoxy groups -OCH3 is 1. The van der Waals surface area contributed by atoms with Crippen molar-refractivity contribution in [2.45, 2.75) is 25.7 Å². The number of ether oxygens (including phenoxy) is 1. The van der Waals surface area contributed by atoms with E-state index in [9.17, 15) is 19.8 Å². The molecule has 1 aliphatic heterocycles. The summed E-state index contributed by atoms with van der Waals surface area (Å²) >= 11 is 6.43. The number of hydrogen-bond acceptors (Lipinski definition) is 7. The van der Waals surface area contributed by atoms with E-state index < -0.39 is 5.97 Å². The van der Waals surface area contributed by atoms with Gasteiger partial charge >= 0.3 is 0 Å². The van der Waals surface area contributed by atoms with Crippen LogP contribution in [-0.2, 0) is 9.59 Å². The summed E-state index contributed by atoms with van der Waals surface area (Å²) in [5.74, 6) is -0.974. The topological polar surface area (TPSA) is 89.9 Å². The van der Waals surface area contributed by atoms with Crippen LogP contribution in [0.25, 0.3) is 6.08 Å². The number of aromatic hydroxyl groups is 1. The molecule has 2 rings (SSSR count). The van der Waals surface area contributed by atoms with Crippen LogP contribution in [0.15, 0.2) is 23.1 Å². The second-order valence-corrected chi connectivity index (χ2v) is 7.09. The van der Waals surface area contributed by atoms with Gasteiger partial charge in [0.1, 0.15) is 4.32 Å². The number of hydrogen-bond donors (Lipinski definition) is 1. The van der Waals surface area contributed by atoms with Crippen LogP contribution in [0, 0.1) is 0 Å². The number of thioether (sulfide) groups is 1. The minimum Gasteiger partial charge on any atom is -0.550 e. The molecule has 1 aliphatic rings. The fourth-order valence-electron chi connectivity index (χ4n) is 2.37. The van der Waals surface area contributed by atoms with Gasteiger partial charge in [0.2, 0.25) is 0 Å². The number of carboxylic acid groups (broad SMARTS) is 1. The Labute approximate surface area is 155 Å². The van der Waals surface area contributed by atoms with Crippen molar-refractivity contribution in [2.24, 2.45) is 0 Å². The highest BCUT2D eigenvalue weighted by atomic mass is 32.2. The van der Waals surface area contributed by atoms with E-state index in [1.807, 2.05) is 0 Å². The summed E-state index contributed by atoms with van der Waals surface area (Å²) in [5.41, 5.74) is 0.480. The predicted molar refractivity (Wildman–Crippen MR) is 98.0 cm³/mol. The van der Waals surface area contributed by atoms with E-state index in [4.69, 9.17) is 17.0 Å². The third kappa shape index (κ3) is 4.96. The fraction of sp³-hybridized carbons (Fsp3) is 0.353. The molecule has 1 fully saturated rings. The lowest BCUT2D eigenvalue weighted by Gasteiger charge is -2.14. The van der Waals surface area contributed by atoms with Gasteiger partial charge in [-0.2, -0.15) is 0 Å². The largest absolute Gasteiger partial charge is 0.550 e. The monoisotopic (exact) mass is 380 g/mol. The number of carbonyl (C=O) groups excluding carboxylic acids is 2. The van der Waals surface area contributed by atoms with Crippen molar-refractivity contribution in [2.75, 3.05) is 13.7 Å². The Morgan fingerprint density at radius 2 is 2.16 bits per heavy atom. The van der Waals surface area contributed by atoms with Crippen LogP contribution in [0.3, 0.4) is 0 Å². The highest BCUT2D eigenvalue weighted by Gasteiger charge is 2.31. The van der Waals surface area contributed by atoms with Gasteiger partial charge in [0.05, 0.1) is 12.0 Å². The Morgan fingerprint density at radius 1 is 1.40 bits per heavy atom. The third-order valence-electron chi connectivity index (χ3n) is 3.67. The summed E-state index contributed by atoms with van der Waals surface area (Å²) in [7, 11) is 1.46. The molecular weight excluding hydrogens is 362 g/mol. The Kier molecular flexibility index (Phi) is 6.83. The molecule has 8 heteroatoms. The maximum absolute atomic E-state index is 12.5. The molecule has 134 valence electrons. The number of carboxylic acids is 1. The van der Waals surface area contributed by atoms with Crippen molar-refractivity contribution in [1.82, 2.24) is 4.90 Å². The molecule has 1 heterocycles. The molecular formula is C17H18NO5S2-. The lowest BCUT2D eigenvalue weighted by molar-refractivity contribution is -0.305. The summed E-state index contributed by atoms with van der Waals surface area (Å²) in [6.45, 7) is 0.444. The number of para-hydroxylation sites is 1. The van der Waals surface area contributed by atoms with Gasteiger partial charge in [-0.25, -0.2) is 0 Å². The minimum absolute atomic E-state index is 0.0212. The molecule has 0 spiro atoms. The van der Waals surface area contributed by atoms with E-state index in [2.05, 4.69) is 0 Å². The first kappa shape index (κ1) is 19.3. The highest BCUT2D eigenvalue weighted by Crippen LogP contribution is 2.36. The zero-order valence-electron chi connectivity index (χ0n) is 13.7. The number of phenols is 1. The zero-order chi connectivity index (χ0) is 18.4. The number of phenolic OH excluding ortho intramolecular Hbond substituents is 1. The fourth-order valence-corrected chi connectivity index (χ4v) is 3.67. The van der Waals surface area contributed by atoms with E-state index in [0.717, 1.165) is 0 Å². The van der Waals surface area contributed by atoms with E-state index in [1.165, 1.54) is 23.8 Å². The normalized spacial score (nSPS) is 15.9. The SMILES string of the molecule is COc1cccc(/C=C2/SC(=S)N(CCCCCC(=O)[O-])C2=O)c1O. The van der Waals surface area contributed by atoms with Crippen LogP contribution in [-0.4, -0.2) is 39.9 Å². The number of carbonyl (C=O) groups is 2. The first-order chi connectivity index (χ1) is 11.9. The molecule has 0 radical (unpaired) electrons.